The van der Waals surface area contributed by atoms with Crippen molar-refractivity contribution in [1.82, 2.24) is 16.0 Å². The van der Waals surface area contributed by atoms with Crippen LogP contribution in [0.4, 0.5) is 0 Å². The molecular weight excluding hydrogens is 342 g/mol. The summed E-state index contributed by atoms with van der Waals surface area (Å²) in [6, 6.07) is 0. The molecule has 0 saturated carbocycles. The zero-order valence-electron chi connectivity index (χ0n) is 15.7. The molecule has 0 aromatic carbocycles. The molecule has 150 valence electrons. The third-order valence-corrected chi connectivity index (χ3v) is 1.98. The molecule has 0 saturated heterocycles. The van der Waals surface area contributed by atoms with Crippen molar-refractivity contribution in [1.29, 1.82) is 5.41 Å². The standard InChI is InChI=1S/2C4H11N5.C3H9N5/c2*1-7-3(5)9-4(6)8-2;1-7-3(6)8-2(4)5/h2*1-2H3,(H5,5,6,7,8,9);1H3,(H6,4,5,6,7,8). The van der Waals surface area contributed by atoms with Crippen LogP contribution in [0.15, 0.2) is 25.0 Å². The molecule has 0 amide bonds. The van der Waals surface area contributed by atoms with Crippen molar-refractivity contribution in [2.45, 2.75) is 0 Å². The first-order valence-electron chi connectivity index (χ1n) is 6.84. The first kappa shape index (κ1) is 27.1. The van der Waals surface area contributed by atoms with Crippen LogP contribution in [0.5, 0.6) is 0 Å². The summed E-state index contributed by atoms with van der Waals surface area (Å²) in [4.78, 5) is 17.9. The van der Waals surface area contributed by atoms with Gasteiger partial charge in [-0.25, -0.2) is 0 Å². The molecule has 0 bridgehead atoms. The number of nitrogens with two attached hydrogens (primary N) is 6. The zero-order valence-corrected chi connectivity index (χ0v) is 15.7. The Morgan fingerprint density at radius 2 is 0.692 bits per heavy atom. The van der Waals surface area contributed by atoms with E-state index in [-0.39, 0.29) is 35.8 Å². The van der Waals surface area contributed by atoms with Gasteiger partial charge in [0, 0.05) is 35.2 Å². The second kappa shape index (κ2) is 17.6. The summed E-state index contributed by atoms with van der Waals surface area (Å²) >= 11 is 0. The lowest BCUT2D eigenvalue weighted by molar-refractivity contribution is 1.19. The molecular formula is C11H31N15. The van der Waals surface area contributed by atoms with E-state index < -0.39 is 0 Å². The highest BCUT2D eigenvalue weighted by Gasteiger charge is 1.89. The molecule has 0 aliphatic rings. The largest absolute Gasteiger partial charge is 0.370 e. The molecule has 26 heavy (non-hydrogen) atoms. The second-order valence-corrected chi connectivity index (χ2v) is 3.83. The average Bonchev–Trinajstić information content (AvgIpc) is 2.61. The summed E-state index contributed by atoms with van der Waals surface area (Å²) in [7, 11) is 7.75. The van der Waals surface area contributed by atoms with Gasteiger partial charge in [0.25, 0.3) is 0 Å². The Labute approximate surface area is 152 Å². The molecule has 0 fully saturated rings. The molecule has 15 nitrogen and oxygen atoms in total. The van der Waals surface area contributed by atoms with Crippen LogP contribution in [0.2, 0.25) is 0 Å². The molecule has 0 aliphatic heterocycles. The first-order valence-corrected chi connectivity index (χ1v) is 6.84. The van der Waals surface area contributed by atoms with Gasteiger partial charge in [-0.3, -0.25) is 46.3 Å². The van der Waals surface area contributed by atoms with Gasteiger partial charge in [0.2, 0.25) is 0 Å². The molecule has 0 atom stereocenters. The van der Waals surface area contributed by atoms with Gasteiger partial charge >= 0.3 is 0 Å². The predicted octanol–water partition coefficient (Wildman–Crippen LogP) is -4.66. The third kappa shape index (κ3) is 22.5. The lowest BCUT2D eigenvalue weighted by Crippen LogP contribution is -2.41. The van der Waals surface area contributed by atoms with Gasteiger partial charge < -0.3 is 34.4 Å². The van der Waals surface area contributed by atoms with Gasteiger partial charge in [-0.05, 0) is 0 Å². The van der Waals surface area contributed by atoms with Gasteiger partial charge in [0.05, 0.1) is 0 Å². The minimum atomic E-state index is -0.201. The SMILES string of the molecule is CN=C(N)NC(=N)N.CN=C(N)NC(N)=NC.CN=C(N)NC(N)=NC. The van der Waals surface area contributed by atoms with E-state index in [1.807, 2.05) is 0 Å². The summed E-state index contributed by atoms with van der Waals surface area (Å²) in [5, 5.41) is 14.0. The Balaban J connectivity index is -0.000000306. The van der Waals surface area contributed by atoms with Gasteiger partial charge in [-0.15, -0.1) is 0 Å². The number of nitrogens with zero attached hydrogens (tertiary/aromatic N) is 5. The Morgan fingerprint density at radius 3 is 0.808 bits per heavy atom. The number of hydrogen-bond acceptors (Lipinski definition) is 6. The van der Waals surface area contributed by atoms with E-state index in [0.717, 1.165) is 0 Å². The molecule has 0 unspecified atom stereocenters. The van der Waals surface area contributed by atoms with Crippen LogP contribution in [-0.2, 0) is 0 Å². The number of guanidine groups is 6. The van der Waals surface area contributed by atoms with Crippen molar-refractivity contribution in [3.8, 4) is 0 Å². The normalized spacial score (nSPS) is 12.7. The Bertz CT molecular complexity index is 476. The Kier molecular flexibility index (Phi) is 18.3. The maximum absolute atomic E-state index is 6.63. The van der Waals surface area contributed by atoms with E-state index in [2.05, 4.69) is 40.9 Å². The maximum atomic E-state index is 6.63. The van der Waals surface area contributed by atoms with Crippen LogP contribution in [0, 0.1) is 5.41 Å². The van der Waals surface area contributed by atoms with Crippen molar-refractivity contribution < 1.29 is 0 Å². The predicted molar refractivity (Wildman–Crippen MR) is 109 cm³/mol. The Morgan fingerprint density at radius 1 is 0.500 bits per heavy atom. The van der Waals surface area contributed by atoms with Gasteiger partial charge in [0.15, 0.2) is 35.8 Å². The van der Waals surface area contributed by atoms with Crippen LogP contribution in [0.1, 0.15) is 0 Å². The van der Waals surface area contributed by atoms with E-state index in [1.54, 1.807) is 28.2 Å². The molecule has 0 aromatic rings. The van der Waals surface area contributed by atoms with Crippen molar-refractivity contribution in [2.75, 3.05) is 35.2 Å². The van der Waals surface area contributed by atoms with E-state index in [4.69, 9.17) is 39.8 Å². The highest BCUT2D eigenvalue weighted by molar-refractivity contribution is 5.97. The van der Waals surface area contributed by atoms with Crippen molar-refractivity contribution >= 4 is 35.8 Å². The molecule has 0 spiro atoms. The molecule has 15 heteroatoms. The summed E-state index contributed by atoms with van der Waals surface area (Å²) in [6.45, 7) is 0. The summed E-state index contributed by atoms with van der Waals surface area (Å²) in [6.07, 6.45) is 0. The molecule has 0 aliphatic carbocycles. The van der Waals surface area contributed by atoms with Crippen molar-refractivity contribution in [3.05, 3.63) is 0 Å². The molecule has 0 radical (unpaired) electrons. The number of nitrogens with one attached hydrogen (secondary N) is 4. The smallest absolute Gasteiger partial charge is 0.195 e. The minimum absolute atomic E-state index is 0.150. The lowest BCUT2D eigenvalue weighted by atomic mass is 10.8. The van der Waals surface area contributed by atoms with Crippen LogP contribution in [-0.4, -0.2) is 71.0 Å². The minimum Gasteiger partial charge on any atom is -0.370 e. The second-order valence-electron chi connectivity index (χ2n) is 3.83. The topological polar surface area (TPSA) is 278 Å². The Hall–Kier alpha value is -3.78. The molecule has 0 aromatic heterocycles. The van der Waals surface area contributed by atoms with Crippen molar-refractivity contribution in [2.24, 2.45) is 59.4 Å². The fourth-order valence-electron chi connectivity index (χ4n) is 0.680. The summed E-state index contributed by atoms with van der Waals surface area (Å²) in [5.74, 6) is 0.998. The van der Waals surface area contributed by atoms with Crippen LogP contribution in [0.3, 0.4) is 0 Å². The first-order chi connectivity index (χ1) is 12.1. The highest BCUT2D eigenvalue weighted by atomic mass is 15.2. The highest BCUT2D eigenvalue weighted by Crippen LogP contribution is 1.59. The molecule has 0 heterocycles. The van der Waals surface area contributed by atoms with E-state index in [9.17, 15) is 0 Å². The van der Waals surface area contributed by atoms with E-state index in [1.165, 1.54) is 7.05 Å². The van der Waals surface area contributed by atoms with Crippen LogP contribution in [0.25, 0.3) is 0 Å². The number of rotatable bonds is 0. The monoisotopic (exact) mass is 373 g/mol. The molecule has 0 rings (SSSR count). The third-order valence-electron chi connectivity index (χ3n) is 1.98. The number of hydrogen-bond donors (Lipinski definition) is 10. The van der Waals surface area contributed by atoms with Gasteiger partial charge in [-0.2, -0.15) is 0 Å². The lowest BCUT2D eigenvalue weighted by Gasteiger charge is -2.00. The van der Waals surface area contributed by atoms with Crippen LogP contribution >= 0.6 is 0 Å². The molecule has 16 N–H and O–H groups in total. The average molecular weight is 373 g/mol. The van der Waals surface area contributed by atoms with E-state index >= 15 is 0 Å². The number of aliphatic imine (C=N–C) groups is 5. The van der Waals surface area contributed by atoms with Crippen LogP contribution < -0.4 is 50.4 Å². The van der Waals surface area contributed by atoms with E-state index in [0.29, 0.717) is 0 Å². The summed E-state index contributed by atoms with van der Waals surface area (Å²) < 4.78 is 0. The maximum Gasteiger partial charge on any atom is 0.195 e. The van der Waals surface area contributed by atoms with Gasteiger partial charge in [-0.1, -0.05) is 0 Å². The van der Waals surface area contributed by atoms with Crippen molar-refractivity contribution in [3.63, 3.8) is 0 Å². The zero-order chi connectivity index (χ0) is 21.1. The summed E-state index contributed by atoms with van der Waals surface area (Å²) in [5.41, 5.74) is 30.9. The quantitative estimate of drug-likeness (QED) is 0.144. The fourth-order valence-corrected chi connectivity index (χ4v) is 0.680. The fraction of sp³-hybridized carbons (Fsp3) is 0.455. The van der Waals surface area contributed by atoms with Gasteiger partial charge in [0.1, 0.15) is 0 Å².